The van der Waals surface area contributed by atoms with Crippen molar-refractivity contribution in [2.45, 2.75) is 117 Å². The molecule has 4 nitrogen and oxygen atoms in total. The Balaban J connectivity index is -0.000000293. The minimum absolute atomic E-state index is 0.345. The number of carbonyl (C=O) groups is 2. The van der Waals surface area contributed by atoms with Crippen molar-refractivity contribution >= 4 is 11.9 Å². The lowest BCUT2D eigenvalue weighted by Crippen LogP contribution is -1.93. The van der Waals surface area contributed by atoms with Gasteiger partial charge in [-0.05, 0) is 6.42 Å². The highest BCUT2D eigenvalue weighted by Crippen LogP contribution is 2.13. The van der Waals surface area contributed by atoms with Crippen LogP contribution in [0.3, 0.4) is 0 Å². The van der Waals surface area contributed by atoms with Crippen LogP contribution in [0.5, 0.6) is 0 Å². The van der Waals surface area contributed by atoms with Crippen LogP contribution in [0.15, 0.2) is 32.0 Å². The van der Waals surface area contributed by atoms with Gasteiger partial charge in [0.1, 0.15) is 0 Å². The van der Waals surface area contributed by atoms with E-state index in [4.69, 9.17) is 15.0 Å². The summed E-state index contributed by atoms with van der Waals surface area (Å²) in [5, 5.41) is 15.9. The van der Waals surface area contributed by atoms with Crippen molar-refractivity contribution < 1.29 is 19.8 Å². The molecule has 0 fully saturated rings. The first kappa shape index (κ1) is 34.7. The highest BCUT2D eigenvalue weighted by Gasteiger charge is 1.97. The molecule has 2 N–H and O–H groups in total. The van der Waals surface area contributed by atoms with Gasteiger partial charge >= 0.3 is 5.97 Å². The molecule has 0 aliphatic carbocycles. The molecule has 0 aliphatic rings. The summed E-state index contributed by atoms with van der Waals surface area (Å²) >= 11 is 0. The summed E-state index contributed by atoms with van der Waals surface area (Å²) in [6.07, 6.45) is 20.2. The van der Waals surface area contributed by atoms with Gasteiger partial charge in [-0.3, -0.25) is 9.59 Å². The summed E-state index contributed by atoms with van der Waals surface area (Å²) in [5.74, 6) is -1.49. The van der Waals surface area contributed by atoms with E-state index in [0.717, 1.165) is 19.8 Å². The molecule has 0 heterocycles. The van der Waals surface area contributed by atoms with Crippen LogP contribution < -0.4 is 0 Å². The van der Waals surface area contributed by atoms with Crippen LogP contribution in [0, 0.1) is 0 Å². The fourth-order valence-electron chi connectivity index (χ4n) is 2.65. The highest BCUT2D eigenvalue weighted by atomic mass is 16.4. The van der Waals surface area contributed by atoms with Gasteiger partial charge in [0.05, 0.1) is 0 Å². The number of carboxylic acids is 2. The third-order valence-corrected chi connectivity index (χ3v) is 3.99. The number of unbranched alkanes of at least 4 members (excludes halogenated alkanes) is 14. The van der Waals surface area contributed by atoms with Crippen molar-refractivity contribution in [1.82, 2.24) is 0 Å². The van der Waals surface area contributed by atoms with Gasteiger partial charge in [0.15, 0.2) is 0 Å². The number of carboxylic acid groups (broad SMARTS) is 2. The Labute approximate surface area is 180 Å². The van der Waals surface area contributed by atoms with Gasteiger partial charge in [-0.2, -0.15) is 0 Å². The Morgan fingerprint density at radius 1 is 0.655 bits per heavy atom. The number of rotatable bonds is 16. The minimum atomic E-state index is -0.833. The van der Waals surface area contributed by atoms with E-state index in [0.29, 0.717) is 6.42 Å². The van der Waals surface area contributed by atoms with Gasteiger partial charge < -0.3 is 10.2 Å². The summed E-state index contributed by atoms with van der Waals surface area (Å²) in [7, 11) is 0. The van der Waals surface area contributed by atoms with Gasteiger partial charge in [-0.15, -0.1) is 18.9 Å². The van der Waals surface area contributed by atoms with E-state index in [2.05, 4.69) is 39.0 Å². The van der Waals surface area contributed by atoms with E-state index < -0.39 is 11.9 Å². The SMILES string of the molecule is C=C.C=C=C.CC(=O)O.CCCCCCCCCCCCCCCCCC(=O)O. The molecule has 29 heavy (non-hydrogen) atoms. The van der Waals surface area contributed by atoms with Crippen LogP contribution in [0.2, 0.25) is 0 Å². The normalized spacial score (nSPS) is 8.76. The maximum absolute atomic E-state index is 10.3. The molecule has 0 aromatic rings. The van der Waals surface area contributed by atoms with E-state index in [9.17, 15) is 4.79 Å². The standard InChI is InChI=1S/C18H36O2.C3H4.C2H4O2.C2H4/c1-2-3-4-5-6-7-8-9-10-11-12-13-14-15-16-17-18(19)20;1-3-2;1-2(3)4;1-2/h2-17H2,1H3,(H,19,20);1-2H2;1H3,(H,3,4);1-2H2. The van der Waals surface area contributed by atoms with Crippen molar-refractivity contribution in [2.75, 3.05) is 0 Å². The van der Waals surface area contributed by atoms with Crippen molar-refractivity contribution in [3.05, 3.63) is 32.0 Å². The van der Waals surface area contributed by atoms with Crippen LogP contribution in [0.4, 0.5) is 0 Å². The number of hydrogen-bond donors (Lipinski definition) is 2. The summed E-state index contributed by atoms with van der Waals surface area (Å²) in [5.41, 5.74) is 2.25. The lowest BCUT2D eigenvalue weighted by molar-refractivity contribution is -0.137. The van der Waals surface area contributed by atoms with Crippen LogP contribution in [0.25, 0.3) is 0 Å². The molecule has 0 unspecified atom stereocenters. The molecule has 4 heteroatoms. The lowest BCUT2D eigenvalue weighted by Gasteiger charge is -2.03. The molecular formula is C25H48O4. The predicted molar refractivity (Wildman–Crippen MR) is 127 cm³/mol. The van der Waals surface area contributed by atoms with Crippen molar-refractivity contribution in [3.63, 3.8) is 0 Å². The van der Waals surface area contributed by atoms with E-state index >= 15 is 0 Å². The van der Waals surface area contributed by atoms with Crippen molar-refractivity contribution in [3.8, 4) is 0 Å². The maximum atomic E-state index is 10.3. The fourth-order valence-corrected chi connectivity index (χ4v) is 2.65. The van der Waals surface area contributed by atoms with Gasteiger partial charge in [0.25, 0.3) is 5.97 Å². The van der Waals surface area contributed by atoms with Crippen LogP contribution in [-0.4, -0.2) is 22.2 Å². The topological polar surface area (TPSA) is 74.6 Å². The van der Waals surface area contributed by atoms with Crippen LogP contribution in [0.1, 0.15) is 117 Å². The summed E-state index contributed by atoms with van der Waals surface area (Å²) < 4.78 is 0. The molecule has 0 aromatic heterocycles. The largest absolute Gasteiger partial charge is 0.481 e. The monoisotopic (exact) mass is 412 g/mol. The molecule has 0 spiro atoms. The van der Waals surface area contributed by atoms with E-state index in [1.807, 2.05) is 0 Å². The zero-order valence-electron chi connectivity index (χ0n) is 19.4. The quantitative estimate of drug-likeness (QED) is 0.152. The van der Waals surface area contributed by atoms with Crippen LogP contribution >= 0.6 is 0 Å². The van der Waals surface area contributed by atoms with Gasteiger partial charge in [-0.25, -0.2) is 0 Å². The molecule has 0 aliphatic heterocycles. The van der Waals surface area contributed by atoms with Gasteiger partial charge in [0.2, 0.25) is 0 Å². The Bertz CT molecular complexity index is 354. The summed E-state index contributed by atoms with van der Waals surface area (Å²) in [6, 6.07) is 0. The molecule has 0 rings (SSSR count). The minimum Gasteiger partial charge on any atom is -0.481 e. The number of aliphatic carboxylic acids is 2. The average molecular weight is 413 g/mol. The Morgan fingerprint density at radius 2 is 0.862 bits per heavy atom. The molecular weight excluding hydrogens is 364 g/mol. The van der Waals surface area contributed by atoms with Crippen molar-refractivity contribution in [2.24, 2.45) is 0 Å². The second-order valence-electron chi connectivity index (χ2n) is 6.86. The fraction of sp³-hybridized carbons (Fsp3) is 0.720. The van der Waals surface area contributed by atoms with Gasteiger partial charge in [0, 0.05) is 13.3 Å². The molecule has 0 radical (unpaired) electrons. The molecule has 0 saturated carbocycles. The molecule has 0 saturated heterocycles. The third-order valence-electron chi connectivity index (χ3n) is 3.99. The Hall–Kier alpha value is -1.80. The Kier molecular flexibility index (Phi) is 44.3. The molecule has 0 bridgehead atoms. The van der Waals surface area contributed by atoms with E-state index in [1.54, 1.807) is 0 Å². The van der Waals surface area contributed by atoms with E-state index in [1.165, 1.54) is 83.5 Å². The molecule has 0 atom stereocenters. The zero-order chi connectivity index (χ0) is 23.2. The van der Waals surface area contributed by atoms with Crippen molar-refractivity contribution in [1.29, 1.82) is 0 Å². The molecule has 0 amide bonds. The van der Waals surface area contributed by atoms with Gasteiger partial charge in [-0.1, -0.05) is 110 Å². The van der Waals surface area contributed by atoms with Crippen LogP contribution in [-0.2, 0) is 9.59 Å². The first-order chi connectivity index (χ1) is 13.9. The smallest absolute Gasteiger partial charge is 0.303 e. The zero-order valence-corrected chi connectivity index (χ0v) is 19.4. The summed E-state index contributed by atoms with van der Waals surface area (Å²) in [4.78, 5) is 19.3. The first-order valence-electron chi connectivity index (χ1n) is 11.1. The number of hydrogen-bond acceptors (Lipinski definition) is 2. The molecule has 172 valence electrons. The lowest BCUT2D eigenvalue weighted by atomic mass is 10.0. The third kappa shape index (κ3) is 66.4. The highest BCUT2D eigenvalue weighted by molar-refractivity contribution is 5.66. The molecule has 0 aromatic carbocycles. The first-order valence-corrected chi connectivity index (χ1v) is 11.1. The average Bonchev–Trinajstić information content (AvgIpc) is 2.66. The predicted octanol–water partition coefficient (Wildman–Crippen LogP) is 8.18. The Morgan fingerprint density at radius 3 is 1.07 bits per heavy atom. The second kappa shape index (κ2) is 37.0. The second-order valence-corrected chi connectivity index (χ2v) is 6.86. The maximum Gasteiger partial charge on any atom is 0.303 e. The van der Waals surface area contributed by atoms with E-state index in [-0.39, 0.29) is 0 Å². The summed E-state index contributed by atoms with van der Waals surface area (Å²) in [6.45, 7) is 15.6.